The number of phenols is 1. The standard InChI is InChI=1S/C26H21N5O4S/c32-20-7-3-6-19-23(20)24(22-18-5-2-1-4-16(18)10-13-21(22)33)30-25(27-19)28-26(29-30)36-14-15-8-11-17(12-9-15)31(34)35/h1-2,4-6,8-13,23-24,33H,3,7,14H2,(H,27,28,29)/t23-,24-/m0/s1. The van der Waals surface area contributed by atoms with E-state index in [1.807, 2.05) is 36.4 Å². The van der Waals surface area contributed by atoms with Gasteiger partial charge in [0, 0.05) is 35.6 Å². The number of nitrogens with zero attached hydrogens (tertiary/aromatic N) is 4. The van der Waals surface area contributed by atoms with Crippen LogP contribution in [0.4, 0.5) is 11.6 Å². The van der Waals surface area contributed by atoms with E-state index in [-0.39, 0.29) is 17.2 Å². The lowest BCUT2D eigenvalue weighted by Crippen LogP contribution is -2.38. The summed E-state index contributed by atoms with van der Waals surface area (Å²) in [5.74, 6) is 0.739. The fraction of sp³-hybridized carbons (Fsp3) is 0.192. The summed E-state index contributed by atoms with van der Waals surface area (Å²) < 4.78 is 1.71. The molecule has 9 nitrogen and oxygen atoms in total. The molecule has 0 fully saturated rings. The second kappa shape index (κ2) is 8.80. The quantitative estimate of drug-likeness (QED) is 0.218. The molecule has 0 radical (unpaired) electrons. The lowest BCUT2D eigenvalue weighted by molar-refractivity contribution is -0.384. The number of allylic oxidation sites excluding steroid dienone is 2. The zero-order valence-electron chi connectivity index (χ0n) is 19.0. The number of ketones is 1. The molecule has 0 saturated heterocycles. The van der Waals surface area contributed by atoms with Gasteiger partial charge in [-0.25, -0.2) is 4.68 Å². The SMILES string of the molecule is O=C1CCC=C2Nc3nc(SCc4ccc([N+](=O)[O-])cc4)nn3[C@@H](c3c(O)ccc4ccccc34)[C@H]12. The number of benzene rings is 3. The first-order valence-corrected chi connectivity index (χ1v) is 12.5. The number of nitro groups is 1. The van der Waals surface area contributed by atoms with Crippen LogP contribution in [-0.2, 0) is 10.5 Å². The number of non-ortho nitro benzene ring substituents is 1. The monoisotopic (exact) mass is 499 g/mol. The zero-order chi connectivity index (χ0) is 24.8. The molecule has 2 heterocycles. The number of aromatic hydroxyl groups is 1. The van der Waals surface area contributed by atoms with Gasteiger partial charge in [-0.1, -0.05) is 60.3 Å². The minimum absolute atomic E-state index is 0.0433. The number of phenolic OH excluding ortho intramolecular Hbond substituents is 1. The minimum atomic E-state index is -0.548. The van der Waals surface area contributed by atoms with E-state index in [0.717, 1.165) is 22.0 Å². The average molecular weight is 500 g/mol. The number of rotatable bonds is 5. The second-order valence-corrected chi connectivity index (χ2v) is 9.75. The van der Waals surface area contributed by atoms with Gasteiger partial charge in [-0.3, -0.25) is 14.9 Å². The summed E-state index contributed by atoms with van der Waals surface area (Å²) in [6.45, 7) is 0. The van der Waals surface area contributed by atoms with Crippen molar-refractivity contribution in [3.63, 3.8) is 0 Å². The van der Waals surface area contributed by atoms with Gasteiger partial charge in [-0.15, -0.1) is 5.10 Å². The van der Waals surface area contributed by atoms with E-state index in [4.69, 9.17) is 5.10 Å². The highest BCUT2D eigenvalue weighted by Gasteiger charge is 2.43. The maximum absolute atomic E-state index is 13.2. The average Bonchev–Trinajstić information content (AvgIpc) is 3.29. The highest BCUT2D eigenvalue weighted by atomic mass is 32.2. The Morgan fingerprint density at radius 3 is 2.75 bits per heavy atom. The van der Waals surface area contributed by atoms with E-state index in [1.165, 1.54) is 23.9 Å². The molecule has 0 amide bonds. The van der Waals surface area contributed by atoms with Gasteiger partial charge in [-0.05, 0) is 28.8 Å². The van der Waals surface area contributed by atoms with E-state index in [9.17, 15) is 20.0 Å². The van der Waals surface area contributed by atoms with Gasteiger partial charge >= 0.3 is 0 Å². The largest absolute Gasteiger partial charge is 0.508 e. The third-order valence-corrected chi connectivity index (χ3v) is 7.55. The van der Waals surface area contributed by atoms with Gasteiger partial charge in [0.15, 0.2) is 0 Å². The Labute approximate surface area is 210 Å². The molecule has 1 aliphatic carbocycles. The molecule has 0 bridgehead atoms. The molecule has 1 aromatic heterocycles. The van der Waals surface area contributed by atoms with Crippen LogP contribution in [0, 0.1) is 16.0 Å². The first-order valence-electron chi connectivity index (χ1n) is 11.5. The van der Waals surface area contributed by atoms with Crippen LogP contribution in [0.3, 0.4) is 0 Å². The Hall–Kier alpha value is -4.18. The Kier molecular flexibility index (Phi) is 5.45. The summed E-state index contributed by atoms with van der Waals surface area (Å²) in [7, 11) is 0. The second-order valence-electron chi connectivity index (χ2n) is 8.81. The molecular formula is C26H21N5O4S. The number of hydrogen-bond donors (Lipinski definition) is 2. The molecule has 180 valence electrons. The number of Topliss-reactive ketones (excluding diaryl/α,β-unsaturated/α-hetero) is 1. The van der Waals surface area contributed by atoms with Gasteiger partial charge in [0.05, 0.1) is 10.8 Å². The van der Waals surface area contributed by atoms with Gasteiger partial charge in [0.1, 0.15) is 17.6 Å². The molecule has 6 rings (SSSR count). The summed E-state index contributed by atoms with van der Waals surface area (Å²) in [6, 6.07) is 17.2. The van der Waals surface area contributed by atoms with Gasteiger partial charge in [-0.2, -0.15) is 4.98 Å². The van der Waals surface area contributed by atoms with Crippen LogP contribution >= 0.6 is 11.8 Å². The van der Waals surface area contributed by atoms with E-state index in [1.54, 1.807) is 22.9 Å². The van der Waals surface area contributed by atoms with Crippen LogP contribution in [0.2, 0.25) is 0 Å². The van der Waals surface area contributed by atoms with Crippen molar-refractivity contribution in [1.29, 1.82) is 0 Å². The molecule has 2 N–H and O–H groups in total. The molecular weight excluding hydrogens is 478 g/mol. The number of aromatic nitrogens is 3. The van der Waals surface area contributed by atoms with Crippen molar-refractivity contribution in [1.82, 2.24) is 14.8 Å². The number of nitrogens with one attached hydrogen (secondary N) is 1. The van der Waals surface area contributed by atoms with Crippen molar-refractivity contribution in [3.05, 3.63) is 93.7 Å². The zero-order valence-corrected chi connectivity index (χ0v) is 19.8. The van der Waals surface area contributed by atoms with Crippen LogP contribution in [0.1, 0.15) is 30.0 Å². The van der Waals surface area contributed by atoms with Crippen LogP contribution < -0.4 is 5.32 Å². The lowest BCUT2D eigenvalue weighted by atomic mass is 9.79. The highest BCUT2D eigenvalue weighted by molar-refractivity contribution is 7.98. The number of thioether (sulfide) groups is 1. The summed E-state index contributed by atoms with van der Waals surface area (Å²) in [5, 5.41) is 32.3. The molecule has 0 unspecified atom stereocenters. The van der Waals surface area contributed by atoms with Gasteiger partial charge in [0.2, 0.25) is 11.1 Å². The van der Waals surface area contributed by atoms with Crippen molar-refractivity contribution in [3.8, 4) is 5.75 Å². The van der Waals surface area contributed by atoms with Crippen LogP contribution in [0.5, 0.6) is 5.75 Å². The number of nitro benzene ring substituents is 1. The van der Waals surface area contributed by atoms with Gasteiger partial charge < -0.3 is 10.4 Å². The first kappa shape index (κ1) is 22.3. The lowest BCUT2D eigenvalue weighted by Gasteiger charge is -2.36. The van der Waals surface area contributed by atoms with Gasteiger partial charge in [0.25, 0.3) is 5.69 Å². The van der Waals surface area contributed by atoms with E-state index in [2.05, 4.69) is 10.3 Å². The van der Waals surface area contributed by atoms with E-state index in [0.29, 0.717) is 35.3 Å². The predicted molar refractivity (Wildman–Crippen MR) is 136 cm³/mol. The molecule has 10 heteroatoms. The Morgan fingerprint density at radius 1 is 1.14 bits per heavy atom. The molecule has 2 atom stereocenters. The number of carbonyl (C=O) groups excluding carboxylic acids is 1. The Morgan fingerprint density at radius 2 is 1.94 bits per heavy atom. The minimum Gasteiger partial charge on any atom is -0.508 e. The number of anilines is 1. The predicted octanol–water partition coefficient (Wildman–Crippen LogP) is 5.22. The molecule has 0 spiro atoms. The van der Waals surface area contributed by atoms with Crippen LogP contribution in [0.25, 0.3) is 10.8 Å². The summed E-state index contributed by atoms with van der Waals surface area (Å²) in [5.41, 5.74) is 2.39. The Bertz CT molecular complexity index is 1550. The van der Waals surface area contributed by atoms with Crippen molar-refractivity contribution in [2.45, 2.75) is 29.8 Å². The molecule has 4 aromatic rings. The first-order chi connectivity index (χ1) is 17.5. The maximum atomic E-state index is 13.2. The maximum Gasteiger partial charge on any atom is 0.269 e. The number of carbonyl (C=O) groups is 1. The van der Waals surface area contributed by atoms with Crippen molar-refractivity contribution in [2.24, 2.45) is 5.92 Å². The fourth-order valence-electron chi connectivity index (χ4n) is 4.96. The molecule has 0 saturated carbocycles. The number of fused-ring (bicyclic) bond motifs is 3. The smallest absolute Gasteiger partial charge is 0.269 e. The van der Waals surface area contributed by atoms with E-state index < -0.39 is 16.9 Å². The third kappa shape index (κ3) is 3.79. The molecule has 1 aliphatic heterocycles. The Balaban J connectivity index is 1.41. The molecule has 2 aliphatic rings. The normalized spacial score (nSPS) is 18.8. The highest BCUT2D eigenvalue weighted by Crippen LogP contribution is 2.46. The van der Waals surface area contributed by atoms with E-state index >= 15 is 0 Å². The van der Waals surface area contributed by atoms with Crippen molar-refractivity contribution >= 4 is 40.0 Å². The van der Waals surface area contributed by atoms with Crippen molar-refractivity contribution < 1.29 is 14.8 Å². The summed E-state index contributed by atoms with van der Waals surface area (Å²) >= 11 is 1.40. The number of hydrogen-bond acceptors (Lipinski definition) is 8. The van der Waals surface area contributed by atoms with Crippen LogP contribution in [-0.4, -0.2) is 30.6 Å². The summed E-state index contributed by atoms with van der Waals surface area (Å²) in [6.07, 6.45) is 3.12. The van der Waals surface area contributed by atoms with Crippen LogP contribution in [0.15, 0.2) is 77.6 Å². The fourth-order valence-corrected chi connectivity index (χ4v) is 5.75. The van der Waals surface area contributed by atoms with Crippen molar-refractivity contribution in [2.75, 3.05) is 5.32 Å². The topological polar surface area (TPSA) is 123 Å². The summed E-state index contributed by atoms with van der Waals surface area (Å²) in [4.78, 5) is 28.3. The molecule has 36 heavy (non-hydrogen) atoms. The molecule has 3 aromatic carbocycles. The third-order valence-electron chi connectivity index (χ3n) is 6.64.